The van der Waals surface area contributed by atoms with Gasteiger partial charge in [-0.15, -0.1) is 0 Å². The summed E-state index contributed by atoms with van der Waals surface area (Å²) in [5.41, 5.74) is 3.53. The van der Waals surface area contributed by atoms with Gasteiger partial charge in [-0.3, -0.25) is 4.79 Å². The summed E-state index contributed by atoms with van der Waals surface area (Å²) in [5.74, 6) is 0.294. The Labute approximate surface area is 169 Å². The van der Waals surface area contributed by atoms with Gasteiger partial charge in [0.25, 0.3) is 5.91 Å². The molecule has 148 valence electrons. The molecular weight excluding hydrogens is 367 g/mol. The van der Waals surface area contributed by atoms with Crippen LogP contribution in [0.1, 0.15) is 40.4 Å². The van der Waals surface area contributed by atoms with E-state index >= 15 is 0 Å². The monoisotopic (exact) mass is 390 g/mol. The number of piperidine rings is 1. The predicted molar refractivity (Wildman–Crippen MR) is 111 cm³/mol. The molecule has 1 amide bonds. The average Bonchev–Trinajstić information content (AvgIpc) is 2.76. The van der Waals surface area contributed by atoms with Crippen LogP contribution in [0.3, 0.4) is 0 Å². The third-order valence-electron chi connectivity index (χ3n) is 5.29. The van der Waals surface area contributed by atoms with Crippen LogP contribution in [0, 0.1) is 12.7 Å². The maximum atomic E-state index is 13.1. The Kier molecular flexibility index (Phi) is 5.51. The van der Waals surface area contributed by atoms with Crippen molar-refractivity contribution in [2.24, 2.45) is 0 Å². The summed E-state index contributed by atoms with van der Waals surface area (Å²) in [4.78, 5) is 23.7. The van der Waals surface area contributed by atoms with E-state index in [1.807, 2.05) is 42.2 Å². The quantitative estimate of drug-likeness (QED) is 0.702. The molecule has 1 fully saturated rings. The van der Waals surface area contributed by atoms with Crippen LogP contribution in [0.25, 0.3) is 0 Å². The number of hydrogen-bond donors (Lipinski definition) is 1. The van der Waals surface area contributed by atoms with Crippen molar-refractivity contribution in [1.82, 2.24) is 14.9 Å². The second-order valence-electron chi connectivity index (χ2n) is 7.34. The number of benzene rings is 2. The summed E-state index contributed by atoms with van der Waals surface area (Å²) < 4.78 is 13.1. The minimum Gasteiger partial charge on any atom is -0.338 e. The van der Waals surface area contributed by atoms with Crippen LogP contribution in [0.15, 0.2) is 60.8 Å². The van der Waals surface area contributed by atoms with E-state index < -0.39 is 0 Å². The molecule has 6 heteroatoms. The molecule has 29 heavy (non-hydrogen) atoms. The molecule has 4 rings (SSSR count). The molecule has 1 saturated heterocycles. The fraction of sp³-hybridized carbons (Fsp3) is 0.261. The standard InChI is InChI=1S/C23H23FN4O/c1-16-5-2-3-7-20(16)26-23-25-13-12-21(27-23)18-6-4-14-28(15-18)22(29)17-8-10-19(24)11-9-17/h2-3,5,7-13,18H,4,6,14-15H2,1H3,(H,25,26,27). The number of carbonyl (C=O) groups excluding carboxylic acids is 1. The van der Waals surface area contributed by atoms with Crippen molar-refractivity contribution in [3.8, 4) is 0 Å². The lowest BCUT2D eigenvalue weighted by molar-refractivity contribution is 0.0706. The van der Waals surface area contributed by atoms with Crippen molar-refractivity contribution in [2.75, 3.05) is 18.4 Å². The van der Waals surface area contributed by atoms with E-state index in [2.05, 4.69) is 10.3 Å². The van der Waals surface area contributed by atoms with Gasteiger partial charge in [0.2, 0.25) is 5.95 Å². The highest BCUT2D eigenvalue weighted by Crippen LogP contribution is 2.27. The Hall–Kier alpha value is -3.28. The van der Waals surface area contributed by atoms with Gasteiger partial charge in [-0.1, -0.05) is 18.2 Å². The lowest BCUT2D eigenvalue weighted by Crippen LogP contribution is -2.39. The largest absolute Gasteiger partial charge is 0.338 e. The van der Waals surface area contributed by atoms with Crippen LogP contribution in [-0.4, -0.2) is 33.9 Å². The Morgan fingerprint density at radius 1 is 1.14 bits per heavy atom. The Morgan fingerprint density at radius 2 is 1.93 bits per heavy atom. The number of para-hydroxylation sites is 1. The SMILES string of the molecule is Cc1ccccc1Nc1nccc(C2CCCN(C(=O)c3ccc(F)cc3)C2)n1. The van der Waals surface area contributed by atoms with E-state index in [4.69, 9.17) is 4.98 Å². The zero-order valence-corrected chi connectivity index (χ0v) is 16.3. The van der Waals surface area contributed by atoms with Crippen LogP contribution < -0.4 is 5.32 Å². The molecule has 1 aromatic heterocycles. The fourth-order valence-corrected chi connectivity index (χ4v) is 3.67. The number of nitrogens with zero attached hydrogens (tertiary/aromatic N) is 3. The fourth-order valence-electron chi connectivity index (χ4n) is 3.67. The zero-order chi connectivity index (χ0) is 20.2. The number of amides is 1. The molecule has 1 unspecified atom stereocenters. The average molecular weight is 390 g/mol. The van der Waals surface area contributed by atoms with E-state index in [1.165, 1.54) is 24.3 Å². The minimum atomic E-state index is -0.340. The molecule has 0 radical (unpaired) electrons. The molecule has 1 aliphatic rings. The lowest BCUT2D eigenvalue weighted by Gasteiger charge is -2.32. The molecule has 1 aliphatic heterocycles. The maximum absolute atomic E-state index is 13.1. The van der Waals surface area contributed by atoms with Gasteiger partial charge in [-0.25, -0.2) is 14.4 Å². The molecule has 1 atom stereocenters. The highest BCUT2D eigenvalue weighted by Gasteiger charge is 2.26. The van der Waals surface area contributed by atoms with E-state index in [0.717, 1.165) is 29.8 Å². The number of halogens is 1. The van der Waals surface area contributed by atoms with Crippen LogP contribution >= 0.6 is 0 Å². The number of rotatable bonds is 4. The van der Waals surface area contributed by atoms with Gasteiger partial charge in [-0.2, -0.15) is 0 Å². The lowest BCUT2D eigenvalue weighted by atomic mass is 9.94. The highest BCUT2D eigenvalue weighted by molar-refractivity contribution is 5.94. The summed E-state index contributed by atoms with van der Waals surface area (Å²) in [6.45, 7) is 3.33. The van der Waals surface area contributed by atoms with Gasteiger partial charge in [0, 0.05) is 36.5 Å². The van der Waals surface area contributed by atoms with E-state index in [0.29, 0.717) is 24.6 Å². The van der Waals surface area contributed by atoms with Crippen LogP contribution in [0.5, 0.6) is 0 Å². The number of hydrogen-bond acceptors (Lipinski definition) is 4. The molecule has 0 spiro atoms. The summed E-state index contributed by atoms with van der Waals surface area (Å²) in [6, 6.07) is 15.6. The molecule has 0 saturated carbocycles. The second-order valence-corrected chi connectivity index (χ2v) is 7.34. The van der Waals surface area contributed by atoms with Crippen LogP contribution in [-0.2, 0) is 0 Å². The Bertz CT molecular complexity index is 1010. The second kappa shape index (κ2) is 8.39. The van der Waals surface area contributed by atoms with Crippen molar-refractivity contribution >= 4 is 17.5 Å². The van der Waals surface area contributed by atoms with Gasteiger partial charge in [0.05, 0.1) is 5.69 Å². The third-order valence-corrected chi connectivity index (χ3v) is 5.29. The summed E-state index contributed by atoms with van der Waals surface area (Å²) in [6.07, 6.45) is 3.62. The van der Waals surface area contributed by atoms with E-state index in [1.54, 1.807) is 6.20 Å². The molecule has 0 aliphatic carbocycles. The first kappa shape index (κ1) is 19.1. The number of anilines is 2. The third kappa shape index (κ3) is 4.42. The van der Waals surface area contributed by atoms with Crippen molar-refractivity contribution in [1.29, 1.82) is 0 Å². The first-order chi connectivity index (χ1) is 14.1. The van der Waals surface area contributed by atoms with Gasteiger partial charge in [-0.05, 0) is 61.7 Å². The Morgan fingerprint density at radius 3 is 2.72 bits per heavy atom. The molecular formula is C23H23FN4O. The highest BCUT2D eigenvalue weighted by atomic mass is 19.1. The van der Waals surface area contributed by atoms with Crippen molar-refractivity contribution in [3.63, 3.8) is 0 Å². The first-order valence-corrected chi connectivity index (χ1v) is 9.80. The maximum Gasteiger partial charge on any atom is 0.253 e. The van der Waals surface area contributed by atoms with E-state index in [-0.39, 0.29) is 17.6 Å². The van der Waals surface area contributed by atoms with Crippen molar-refractivity contribution in [3.05, 3.63) is 83.4 Å². The number of aromatic nitrogens is 2. The number of likely N-dealkylation sites (tertiary alicyclic amines) is 1. The predicted octanol–water partition coefficient (Wildman–Crippen LogP) is 4.69. The van der Waals surface area contributed by atoms with Gasteiger partial charge in [0.15, 0.2) is 0 Å². The van der Waals surface area contributed by atoms with Crippen LogP contribution in [0.4, 0.5) is 16.0 Å². The number of carbonyl (C=O) groups is 1. The molecule has 5 nitrogen and oxygen atoms in total. The van der Waals surface area contributed by atoms with E-state index in [9.17, 15) is 9.18 Å². The summed E-state index contributed by atoms with van der Waals surface area (Å²) >= 11 is 0. The van der Waals surface area contributed by atoms with Gasteiger partial charge < -0.3 is 10.2 Å². The van der Waals surface area contributed by atoms with Gasteiger partial charge in [0.1, 0.15) is 5.82 Å². The summed E-state index contributed by atoms with van der Waals surface area (Å²) in [5, 5.41) is 3.28. The Balaban J connectivity index is 1.49. The molecule has 2 aromatic carbocycles. The number of nitrogens with one attached hydrogen (secondary N) is 1. The van der Waals surface area contributed by atoms with Crippen LogP contribution in [0.2, 0.25) is 0 Å². The summed E-state index contributed by atoms with van der Waals surface area (Å²) in [7, 11) is 0. The smallest absolute Gasteiger partial charge is 0.253 e. The van der Waals surface area contributed by atoms with Gasteiger partial charge >= 0.3 is 0 Å². The molecule has 1 N–H and O–H groups in total. The molecule has 0 bridgehead atoms. The normalized spacial score (nSPS) is 16.5. The number of aryl methyl sites for hydroxylation is 1. The zero-order valence-electron chi connectivity index (χ0n) is 16.3. The van der Waals surface area contributed by atoms with Crippen molar-refractivity contribution in [2.45, 2.75) is 25.7 Å². The molecule has 3 aromatic rings. The van der Waals surface area contributed by atoms with Crippen molar-refractivity contribution < 1.29 is 9.18 Å². The minimum absolute atomic E-state index is 0.0676. The topological polar surface area (TPSA) is 58.1 Å². The first-order valence-electron chi connectivity index (χ1n) is 9.80. The molecule has 2 heterocycles.